The number of aryl methyl sites for hydroxylation is 1. The smallest absolute Gasteiger partial charge is 0.255 e. The lowest BCUT2D eigenvalue weighted by molar-refractivity contribution is -0.119. The Kier molecular flexibility index (Phi) is 5.46. The highest BCUT2D eigenvalue weighted by Gasteiger charge is 2.10. The van der Waals surface area contributed by atoms with Crippen LogP contribution in [-0.2, 0) is 4.79 Å². The van der Waals surface area contributed by atoms with E-state index in [0.717, 1.165) is 5.69 Å². The number of anilines is 1. The standard InChI is InChI=1S/C18H22N2O3/c1-12-5-4-6-14(9-12)13(2)20-15-7-8-16(22-3)17(10-15)23-11-18(19)21/h4-10,13,20H,11H2,1-3H3,(H2,19,21)/t13-/m0/s1. The third kappa shape index (κ3) is 4.64. The molecule has 0 spiro atoms. The van der Waals surface area contributed by atoms with Gasteiger partial charge in [-0.3, -0.25) is 4.79 Å². The van der Waals surface area contributed by atoms with Crippen molar-refractivity contribution < 1.29 is 14.3 Å². The summed E-state index contributed by atoms with van der Waals surface area (Å²) in [5, 5.41) is 3.41. The van der Waals surface area contributed by atoms with Gasteiger partial charge in [0.05, 0.1) is 7.11 Å². The second kappa shape index (κ2) is 7.54. The van der Waals surface area contributed by atoms with Gasteiger partial charge in [-0.1, -0.05) is 29.8 Å². The molecule has 2 aromatic carbocycles. The Morgan fingerprint density at radius 1 is 1.22 bits per heavy atom. The van der Waals surface area contributed by atoms with E-state index in [4.69, 9.17) is 15.2 Å². The number of hydrogen-bond acceptors (Lipinski definition) is 4. The molecule has 0 aliphatic rings. The van der Waals surface area contributed by atoms with Crippen LogP contribution in [0, 0.1) is 6.92 Å². The van der Waals surface area contributed by atoms with E-state index in [-0.39, 0.29) is 12.6 Å². The van der Waals surface area contributed by atoms with Crippen molar-refractivity contribution in [2.75, 3.05) is 19.0 Å². The Labute approximate surface area is 136 Å². The molecule has 1 atom stereocenters. The molecule has 0 aliphatic heterocycles. The number of carbonyl (C=O) groups excluding carboxylic acids is 1. The summed E-state index contributed by atoms with van der Waals surface area (Å²) in [6.07, 6.45) is 0. The quantitative estimate of drug-likeness (QED) is 0.824. The Morgan fingerprint density at radius 2 is 2.00 bits per heavy atom. The lowest BCUT2D eigenvalue weighted by Crippen LogP contribution is -2.20. The van der Waals surface area contributed by atoms with Crippen molar-refractivity contribution in [3.05, 3.63) is 53.6 Å². The molecule has 2 aromatic rings. The van der Waals surface area contributed by atoms with E-state index in [1.54, 1.807) is 19.2 Å². The molecule has 1 amide bonds. The average molecular weight is 314 g/mol. The number of benzene rings is 2. The summed E-state index contributed by atoms with van der Waals surface area (Å²) in [4.78, 5) is 10.9. The molecule has 0 aliphatic carbocycles. The van der Waals surface area contributed by atoms with E-state index in [0.29, 0.717) is 11.5 Å². The molecule has 0 saturated heterocycles. The topological polar surface area (TPSA) is 73.6 Å². The second-order valence-corrected chi connectivity index (χ2v) is 5.40. The molecule has 3 N–H and O–H groups in total. The summed E-state index contributed by atoms with van der Waals surface area (Å²) < 4.78 is 10.6. The van der Waals surface area contributed by atoms with E-state index >= 15 is 0 Å². The van der Waals surface area contributed by atoms with E-state index in [9.17, 15) is 4.79 Å². The number of primary amides is 1. The first-order chi connectivity index (χ1) is 11.0. The summed E-state index contributed by atoms with van der Waals surface area (Å²) in [6, 6.07) is 14.0. The number of hydrogen-bond donors (Lipinski definition) is 2. The van der Waals surface area contributed by atoms with Gasteiger partial charge in [0.25, 0.3) is 5.91 Å². The average Bonchev–Trinajstić information content (AvgIpc) is 2.53. The lowest BCUT2D eigenvalue weighted by atomic mass is 10.1. The number of methoxy groups -OCH3 is 1. The third-order valence-corrected chi connectivity index (χ3v) is 3.46. The number of amides is 1. The summed E-state index contributed by atoms with van der Waals surface area (Å²) in [5.41, 5.74) is 8.41. The van der Waals surface area contributed by atoms with Crippen molar-refractivity contribution in [1.82, 2.24) is 0 Å². The minimum absolute atomic E-state index is 0.132. The van der Waals surface area contributed by atoms with Gasteiger partial charge in [0.1, 0.15) is 0 Å². The van der Waals surface area contributed by atoms with Gasteiger partial charge in [0.2, 0.25) is 0 Å². The van der Waals surface area contributed by atoms with Crippen LogP contribution in [0.2, 0.25) is 0 Å². The molecule has 0 fully saturated rings. The molecule has 5 nitrogen and oxygen atoms in total. The van der Waals surface area contributed by atoms with Gasteiger partial charge < -0.3 is 20.5 Å². The lowest BCUT2D eigenvalue weighted by Gasteiger charge is -2.18. The molecule has 0 aromatic heterocycles. The van der Waals surface area contributed by atoms with Crippen LogP contribution < -0.4 is 20.5 Å². The first kappa shape index (κ1) is 16.7. The van der Waals surface area contributed by atoms with E-state index < -0.39 is 5.91 Å². The molecular formula is C18H22N2O3. The van der Waals surface area contributed by atoms with Crippen molar-refractivity contribution in [3.63, 3.8) is 0 Å². The molecule has 23 heavy (non-hydrogen) atoms. The number of ether oxygens (including phenoxy) is 2. The molecule has 0 saturated carbocycles. The Hall–Kier alpha value is -2.69. The molecule has 5 heteroatoms. The summed E-state index contributed by atoms with van der Waals surface area (Å²) >= 11 is 0. The Morgan fingerprint density at radius 3 is 2.65 bits per heavy atom. The summed E-state index contributed by atoms with van der Waals surface area (Å²) in [6.45, 7) is 3.97. The maximum Gasteiger partial charge on any atom is 0.255 e. The number of nitrogens with one attached hydrogen (secondary N) is 1. The highest BCUT2D eigenvalue weighted by molar-refractivity contribution is 5.75. The minimum atomic E-state index is -0.529. The second-order valence-electron chi connectivity index (χ2n) is 5.40. The first-order valence-corrected chi connectivity index (χ1v) is 7.42. The highest BCUT2D eigenvalue weighted by atomic mass is 16.5. The van der Waals surface area contributed by atoms with Gasteiger partial charge in [0.15, 0.2) is 18.1 Å². The Balaban J connectivity index is 2.16. The van der Waals surface area contributed by atoms with Gasteiger partial charge in [-0.25, -0.2) is 0 Å². The summed E-state index contributed by atoms with van der Waals surface area (Å²) in [5.74, 6) is 0.506. The minimum Gasteiger partial charge on any atom is -0.493 e. The zero-order chi connectivity index (χ0) is 16.8. The van der Waals surface area contributed by atoms with E-state index in [2.05, 4.69) is 37.4 Å². The Bertz CT molecular complexity index is 686. The zero-order valence-corrected chi connectivity index (χ0v) is 13.6. The fourth-order valence-electron chi connectivity index (χ4n) is 2.30. The van der Waals surface area contributed by atoms with Gasteiger partial charge in [-0.2, -0.15) is 0 Å². The normalized spacial score (nSPS) is 11.6. The molecule has 122 valence electrons. The molecule has 0 heterocycles. The van der Waals surface area contributed by atoms with Crippen LogP contribution in [0.3, 0.4) is 0 Å². The fraction of sp³-hybridized carbons (Fsp3) is 0.278. The molecule has 2 rings (SSSR count). The SMILES string of the molecule is COc1ccc(N[C@@H](C)c2cccc(C)c2)cc1OCC(N)=O. The maximum absolute atomic E-state index is 10.9. The van der Waals surface area contributed by atoms with Crippen molar-refractivity contribution in [2.45, 2.75) is 19.9 Å². The fourth-order valence-corrected chi connectivity index (χ4v) is 2.30. The van der Waals surface area contributed by atoms with Crippen molar-refractivity contribution in [1.29, 1.82) is 0 Å². The predicted molar refractivity (Wildman–Crippen MR) is 90.9 cm³/mol. The summed E-state index contributed by atoms with van der Waals surface area (Å²) in [7, 11) is 1.55. The van der Waals surface area contributed by atoms with Crippen molar-refractivity contribution >= 4 is 11.6 Å². The van der Waals surface area contributed by atoms with Crippen LogP contribution in [-0.4, -0.2) is 19.6 Å². The number of rotatable bonds is 7. The van der Waals surface area contributed by atoms with Gasteiger partial charge >= 0.3 is 0 Å². The number of nitrogens with two attached hydrogens (primary N) is 1. The zero-order valence-electron chi connectivity index (χ0n) is 13.6. The molecule has 0 radical (unpaired) electrons. The number of carbonyl (C=O) groups is 1. The van der Waals surface area contributed by atoms with Crippen LogP contribution in [0.4, 0.5) is 5.69 Å². The highest BCUT2D eigenvalue weighted by Crippen LogP contribution is 2.31. The molecule has 0 bridgehead atoms. The molecular weight excluding hydrogens is 292 g/mol. The van der Waals surface area contributed by atoms with Crippen LogP contribution in [0.15, 0.2) is 42.5 Å². The van der Waals surface area contributed by atoms with Crippen LogP contribution >= 0.6 is 0 Å². The van der Waals surface area contributed by atoms with Crippen LogP contribution in [0.5, 0.6) is 11.5 Å². The van der Waals surface area contributed by atoms with Crippen molar-refractivity contribution in [3.8, 4) is 11.5 Å². The van der Waals surface area contributed by atoms with E-state index in [1.165, 1.54) is 11.1 Å². The van der Waals surface area contributed by atoms with Crippen LogP contribution in [0.1, 0.15) is 24.1 Å². The van der Waals surface area contributed by atoms with Gasteiger partial charge in [0, 0.05) is 17.8 Å². The first-order valence-electron chi connectivity index (χ1n) is 7.42. The van der Waals surface area contributed by atoms with E-state index in [1.807, 2.05) is 12.1 Å². The van der Waals surface area contributed by atoms with Gasteiger partial charge in [-0.05, 0) is 31.5 Å². The maximum atomic E-state index is 10.9. The monoisotopic (exact) mass is 314 g/mol. The third-order valence-electron chi connectivity index (χ3n) is 3.46. The van der Waals surface area contributed by atoms with Crippen LogP contribution in [0.25, 0.3) is 0 Å². The van der Waals surface area contributed by atoms with Gasteiger partial charge in [-0.15, -0.1) is 0 Å². The van der Waals surface area contributed by atoms with Crippen molar-refractivity contribution in [2.24, 2.45) is 5.73 Å². The molecule has 0 unspecified atom stereocenters. The largest absolute Gasteiger partial charge is 0.493 e. The predicted octanol–water partition coefficient (Wildman–Crippen LogP) is 3.04.